The fourth-order valence-corrected chi connectivity index (χ4v) is 4.29. The summed E-state index contributed by atoms with van der Waals surface area (Å²) >= 11 is 5.89. The van der Waals surface area contributed by atoms with Crippen LogP contribution in [0.15, 0.2) is 54.9 Å². The first-order valence-electron chi connectivity index (χ1n) is 10.9. The Labute approximate surface area is 196 Å². The second-order valence-corrected chi connectivity index (χ2v) is 8.57. The number of amides is 1. The minimum Gasteiger partial charge on any atom is -0.383 e. The molecular weight excluding hydrogens is 438 g/mol. The molecule has 5 rings (SSSR count). The van der Waals surface area contributed by atoms with Gasteiger partial charge in [-0.25, -0.2) is 14.6 Å². The van der Waals surface area contributed by atoms with Crippen molar-refractivity contribution in [3.8, 4) is 11.3 Å². The van der Waals surface area contributed by atoms with E-state index in [1.165, 1.54) is 6.33 Å². The zero-order valence-corrected chi connectivity index (χ0v) is 18.7. The summed E-state index contributed by atoms with van der Waals surface area (Å²) in [6, 6.07) is 15.0. The van der Waals surface area contributed by atoms with Crippen molar-refractivity contribution in [3.63, 3.8) is 0 Å². The molecule has 3 heterocycles. The number of nitrogens with two attached hydrogens (primary N) is 1. The van der Waals surface area contributed by atoms with Gasteiger partial charge in [-0.15, -0.1) is 0 Å². The van der Waals surface area contributed by atoms with E-state index < -0.39 is 0 Å². The molecule has 1 aliphatic heterocycles. The van der Waals surface area contributed by atoms with Gasteiger partial charge in [0, 0.05) is 29.2 Å². The van der Waals surface area contributed by atoms with Gasteiger partial charge in [0.1, 0.15) is 17.8 Å². The Hall–Kier alpha value is -3.49. The van der Waals surface area contributed by atoms with E-state index in [1.54, 1.807) is 24.3 Å². The van der Waals surface area contributed by atoms with Gasteiger partial charge in [0.2, 0.25) is 0 Å². The number of piperidine rings is 1. The SMILES string of the molecule is Nc1ncnc2c1c(-c1ccc(CNC(=O)c3ccc(Cl)cc3)cc1)nn2[C@@H]1CCCNC1. The van der Waals surface area contributed by atoms with Crippen molar-refractivity contribution in [2.75, 3.05) is 18.8 Å². The molecule has 0 unspecified atom stereocenters. The lowest BCUT2D eigenvalue weighted by Gasteiger charge is -2.23. The molecule has 9 heteroatoms. The number of nitrogen functional groups attached to an aromatic ring is 1. The van der Waals surface area contributed by atoms with Gasteiger partial charge in [-0.1, -0.05) is 35.9 Å². The van der Waals surface area contributed by atoms with Gasteiger partial charge in [-0.2, -0.15) is 5.10 Å². The number of nitrogens with one attached hydrogen (secondary N) is 2. The molecular formula is C24H24ClN7O. The number of hydrogen-bond acceptors (Lipinski definition) is 6. The van der Waals surface area contributed by atoms with Gasteiger partial charge in [-0.05, 0) is 49.2 Å². The van der Waals surface area contributed by atoms with Crippen LogP contribution in [0.5, 0.6) is 0 Å². The Morgan fingerprint density at radius 1 is 1.15 bits per heavy atom. The first-order chi connectivity index (χ1) is 16.1. The van der Waals surface area contributed by atoms with E-state index in [0.29, 0.717) is 22.9 Å². The summed E-state index contributed by atoms with van der Waals surface area (Å²) in [5, 5.41) is 12.6. The van der Waals surface area contributed by atoms with Gasteiger partial charge < -0.3 is 16.4 Å². The third-order valence-corrected chi connectivity index (χ3v) is 6.17. The summed E-state index contributed by atoms with van der Waals surface area (Å²) in [6.07, 6.45) is 3.63. The maximum absolute atomic E-state index is 12.4. The normalized spacial score (nSPS) is 16.1. The molecule has 33 heavy (non-hydrogen) atoms. The van der Waals surface area contributed by atoms with Crippen LogP contribution < -0.4 is 16.4 Å². The molecule has 2 aromatic heterocycles. The number of anilines is 1. The molecule has 1 fully saturated rings. The molecule has 0 radical (unpaired) electrons. The van der Waals surface area contributed by atoms with E-state index in [9.17, 15) is 4.79 Å². The Morgan fingerprint density at radius 2 is 1.94 bits per heavy atom. The van der Waals surface area contributed by atoms with Crippen LogP contribution in [-0.2, 0) is 6.54 Å². The van der Waals surface area contributed by atoms with Crippen LogP contribution in [0.2, 0.25) is 5.02 Å². The number of carbonyl (C=O) groups is 1. The third-order valence-electron chi connectivity index (χ3n) is 5.92. The average Bonchev–Trinajstić information content (AvgIpc) is 3.25. The van der Waals surface area contributed by atoms with Crippen LogP contribution in [0.25, 0.3) is 22.3 Å². The molecule has 4 N–H and O–H groups in total. The van der Waals surface area contributed by atoms with Crippen LogP contribution in [0, 0.1) is 0 Å². The van der Waals surface area contributed by atoms with Crippen LogP contribution in [0.3, 0.4) is 0 Å². The zero-order chi connectivity index (χ0) is 22.8. The minimum absolute atomic E-state index is 0.147. The number of benzene rings is 2. The van der Waals surface area contributed by atoms with Crippen LogP contribution in [0.1, 0.15) is 34.8 Å². The second kappa shape index (κ2) is 9.17. The molecule has 2 aromatic carbocycles. The van der Waals surface area contributed by atoms with Crippen molar-refractivity contribution < 1.29 is 4.79 Å². The fraction of sp³-hybridized carbons (Fsp3) is 0.250. The molecule has 1 amide bonds. The van der Waals surface area contributed by atoms with Gasteiger partial charge in [0.25, 0.3) is 5.91 Å². The highest BCUT2D eigenvalue weighted by Gasteiger charge is 2.23. The van der Waals surface area contributed by atoms with Crippen molar-refractivity contribution >= 4 is 34.4 Å². The summed E-state index contributed by atoms with van der Waals surface area (Å²) in [4.78, 5) is 21.0. The van der Waals surface area contributed by atoms with Crippen molar-refractivity contribution in [3.05, 3.63) is 71.0 Å². The standard InChI is InChI=1S/C24H24ClN7O/c25-18-9-7-17(8-10-18)24(33)28-12-15-3-5-16(6-4-15)21-20-22(26)29-14-30-23(20)32(31-21)19-2-1-11-27-13-19/h3-10,14,19,27H,1-2,11-13H2,(H,28,33)(H2,26,29,30)/t19-/m1/s1. The number of fused-ring (bicyclic) bond motifs is 1. The van der Waals surface area contributed by atoms with Gasteiger partial charge in [0.15, 0.2) is 5.65 Å². The first-order valence-corrected chi connectivity index (χ1v) is 11.3. The Bertz CT molecular complexity index is 1280. The Morgan fingerprint density at radius 3 is 2.67 bits per heavy atom. The van der Waals surface area contributed by atoms with E-state index in [2.05, 4.69) is 20.6 Å². The van der Waals surface area contributed by atoms with E-state index in [1.807, 2.05) is 28.9 Å². The van der Waals surface area contributed by atoms with Crippen molar-refractivity contribution in [1.82, 2.24) is 30.4 Å². The van der Waals surface area contributed by atoms with Gasteiger partial charge >= 0.3 is 0 Å². The predicted molar refractivity (Wildman–Crippen MR) is 129 cm³/mol. The Kier molecular flexibility index (Phi) is 5.93. The highest BCUT2D eigenvalue weighted by molar-refractivity contribution is 6.30. The molecule has 8 nitrogen and oxygen atoms in total. The molecule has 168 valence electrons. The zero-order valence-electron chi connectivity index (χ0n) is 18.0. The summed E-state index contributed by atoms with van der Waals surface area (Å²) < 4.78 is 1.98. The molecule has 0 spiro atoms. The molecule has 0 saturated carbocycles. The van der Waals surface area contributed by atoms with Crippen molar-refractivity contribution in [2.24, 2.45) is 0 Å². The largest absolute Gasteiger partial charge is 0.383 e. The third kappa shape index (κ3) is 4.40. The number of carbonyl (C=O) groups excluding carboxylic acids is 1. The molecule has 1 saturated heterocycles. The maximum Gasteiger partial charge on any atom is 0.251 e. The van der Waals surface area contributed by atoms with Crippen molar-refractivity contribution in [1.29, 1.82) is 0 Å². The van der Waals surface area contributed by atoms with E-state index in [-0.39, 0.29) is 11.9 Å². The fourth-order valence-electron chi connectivity index (χ4n) is 4.16. The number of hydrogen-bond donors (Lipinski definition) is 3. The lowest BCUT2D eigenvalue weighted by Crippen LogP contribution is -2.32. The minimum atomic E-state index is -0.147. The lowest BCUT2D eigenvalue weighted by molar-refractivity contribution is 0.0951. The van der Waals surface area contributed by atoms with Crippen LogP contribution >= 0.6 is 11.6 Å². The molecule has 0 aliphatic carbocycles. The number of rotatable bonds is 5. The van der Waals surface area contributed by atoms with E-state index in [0.717, 1.165) is 53.8 Å². The quantitative estimate of drug-likeness (QED) is 0.419. The Balaban J connectivity index is 1.38. The highest BCUT2D eigenvalue weighted by atomic mass is 35.5. The van der Waals surface area contributed by atoms with Crippen LogP contribution in [-0.4, -0.2) is 38.7 Å². The molecule has 4 aromatic rings. The summed E-state index contributed by atoms with van der Waals surface area (Å²) in [7, 11) is 0. The second-order valence-electron chi connectivity index (χ2n) is 8.14. The molecule has 1 atom stereocenters. The predicted octanol–water partition coefficient (Wildman–Crippen LogP) is 3.58. The first kappa shape index (κ1) is 21.4. The molecule has 1 aliphatic rings. The highest BCUT2D eigenvalue weighted by Crippen LogP contribution is 2.33. The maximum atomic E-state index is 12.4. The van der Waals surface area contributed by atoms with Crippen molar-refractivity contribution in [2.45, 2.75) is 25.4 Å². The topological polar surface area (TPSA) is 111 Å². The lowest BCUT2D eigenvalue weighted by atomic mass is 10.1. The average molecular weight is 462 g/mol. The number of halogens is 1. The van der Waals surface area contributed by atoms with E-state index >= 15 is 0 Å². The number of nitrogens with zero attached hydrogens (tertiary/aromatic N) is 4. The smallest absolute Gasteiger partial charge is 0.251 e. The molecule has 0 bridgehead atoms. The summed E-state index contributed by atoms with van der Waals surface area (Å²) in [5.41, 5.74) is 10.2. The summed E-state index contributed by atoms with van der Waals surface area (Å²) in [5.74, 6) is 0.274. The number of aromatic nitrogens is 4. The summed E-state index contributed by atoms with van der Waals surface area (Å²) in [6.45, 7) is 2.29. The van der Waals surface area contributed by atoms with Gasteiger partial charge in [-0.3, -0.25) is 4.79 Å². The van der Waals surface area contributed by atoms with Gasteiger partial charge in [0.05, 0.1) is 11.4 Å². The van der Waals surface area contributed by atoms with E-state index in [4.69, 9.17) is 22.4 Å². The monoisotopic (exact) mass is 461 g/mol. The van der Waals surface area contributed by atoms with Crippen LogP contribution in [0.4, 0.5) is 5.82 Å².